The van der Waals surface area contributed by atoms with Crippen LogP contribution in [0.15, 0.2) is 0 Å². The van der Waals surface area contributed by atoms with E-state index in [1.165, 1.54) is 0 Å². The second-order valence-corrected chi connectivity index (χ2v) is 5.90. The van der Waals surface area contributed by atoms with Crippen LogP contribution in [0.25, 0.3) is 0 Å². The van der Waals surface area contributed by atoms with Crippen LogP contribution in [0.3, 0.4) is 0 Å². The lowest BCUT2D eigenvalue weighted by molar-refractivity contribution is 0.0760. The first kappa shape index (κ1) is 13.9. The van der Waals surface area contributed by atoms with E-state index in [-0.39, 0.29) is 12.0 Å². The Morgan fingerprint density at radius 2 is 1.64 bits per heavy atom. The highest BCUT2D eigenvalue weighted by molar-refractivity contribution is 4.82. The molecule has 0 rings (SSSR count). The van der Waals surface area contributed by atoms with Crippen molar-refractivity contribution in [2.24, 2.45) is 10.8 Å². The molecule has 0 radical (unpaired) electrons. The van der Waals surface area contributed by atoms with Gasteiger partial charge in [-0.05, 0) is 37.8 Å². The van der Waals surface area contributed by atoms with Gasteiger partial charge in [-0.25, -0.2) is 0 Å². The fourth-order valence-corrected chi connectivity index (χ4v) is 2.27. The van der Waals surface area contributed by atoms with Gasteiger partial charge in [0.15, 0.2) is 0 Å². The summed E-state index contributed by atoms with van der Waals surface area (Å²) in [5.41, 5.74) is 0.358. The topological polar surface area (TPSA) is 23.5 Å². The zero-order chi connectivity index (χ0) is 11.4. The van der Waals surface area contributed by atoms with Crippen LogP contribution in [0.2, 0.25) is 0 Å². The fourth-order valence-electron chi connectivity index (χ4n) is 2.27. The second-order valence-electron chi connectivity index (χ2n) is 5.90. The van der Waals surface area contributed by atoms with Crippen molar-refractivity contribution in [1.29, 1.82) is 0 Å². The molecule has 0 aliphatic carbocycles. The average molecular weight is 201 g/mol. The van der Waals surface area contributed by atoms with E-state index >= 15 is 0 Å². The highest BCUT2D eigenvalue weighted by atomic mass is 16.3. The van der Waals surface area contributed by atoms with Crippen molar-refractivity contribution in [1.82, 2.24) is 4.90 Å². The Labute approximate surface area is 89.3 Å². The smallest absolute Gasteiger partial charge is 0.0482 e. The molecule has 0 aromatic carbocycles. The highest BCUT2D eigenvalue weighted by Crippen LogP contribution is 2.36. The van der Waals surface area contributed by atoms with E-state index in [4.69, 9.17) is 0 Å². The van der Waals surface area contributed by atoms with Crippen LogP contribution in [0.5, 0.6) is 0 Å². The van der Waals surface area contributed by atoms with Crippen LogP contribution in [-0.2, 0) is 0 Å². The van der Waals surface area contributed by atoms with Gasteiger partial charge in [0.25, 0.3) is 0 Å². The number of aliphatic hydroxyl groups is 1. The lowest BCUT2D eigenvalue weighted by atomic mass is 9.72. The molecule has 86 valence electrons. The largest absolute Gasteiger partial charge is 0.396 e. The maximum Gasteiger partial charge on any atom is 0.0482 e. The number of rotatable bonds is 6. The molecular formula is C12H27NO. The first-order chi connectivity index (χ1) is 6.24. The molecule has 2 nitrogen and oxygen atoms in total. The quantitative estimate of drug-likeness (QED) is 0.713. The molecule has 0 aliphatic rings. The SMILES string of the molecule is CCC(C)(CN(C)C)CC(C)(C)CO. The molecule has 0 saturated carbocycles. The molecule has 0 aliphatic heterocycles. The van der Waals surface area contributed by atoms with Gasteiger partial charge in [0.1, 0.15) is 0 Å². The average Bonchev–Trinajstić information content (AvgIpc) is 2.02. The Morgan fingerprint density at radius 3 is 1.93 bits per heavy atom. The van der Waals surface area contributed by atoms with E-state index in [2.05, 4.69) is 46.7 Å². The van der Waals surface area contributed by atoms with Crippen LogP contribution in [0.4, 0.5) is 0 Å². The molecule has 0 aromatic heterocycles. The monoisotopic (exact) mass is 201 g/mol. The third-order valence-electron chi connectivity index (χ3n) is 2.88. The van der Waals surface area contributed by atoms with Crippen LogP contribution in [0, 0.1) is 10.8 Å². The lowest BCUT2D eigenvalue weighted by Gasteiger charge is -2.38. The Morgan fingerprint density at radius 1 is 1.14 bits per heavy atom. The molecule has 0 amide bonds. The summed E-state index contributed by atoms with van der Waals surface area (Å²) >= 11 is 0. The molecule has 1 atom stereocenters. The number of aliphatic hydroxyl groups excluding tert-OH is 1. The second kappa shape index (κ2) is 5.13. The van der Waals surface area contributed by atoms with E-state index in [0.717, 1.165) is 19.4 Å². The van der Waals surface area contributed by atoms with E-state index < -0.39 is 0 Å². The zero-order valence-electron chi connectivity index (χ0n) is 10.7. The summed E-state index contributed by atoms with van der Waals surface area (Å²) < 4.78 is 0. The molecule has 0 heterocycles. The van der Waals surface area contributed by atoms with E-state index in [9.17, 15) is 5.11 Å². The molecule has 14 heavy (non-hydrogen) atoms. The number of hydrogen-bond acceptors (Lipinski definition) is 2. The van der Waals surface area contributed by atoms with Gasteiger partial charge in [0.2, 0.25) is 0 Å². The maximum atomic E-state index is 9.27. The van der Waals surface area contributed by atoms with Crippen molar-refractivity contribution in [3.8, 4) is 0 Å². The molecule has 0 bridgehead atoms. The fraction of sp³-hybridized carbons (Fsp3) is 1.00. The van der Waals surface area contributed by atoms with Crippen LogP contribution in [-0.4, -0.2) is 37.3 Å². The predicted molar refractivity (Wildman–Crippen MR) is 62.4 cm³/mol. The van der Waals surface area contributed by atoms with Gasteiger partial charge >= 0.3 is 0 Å². The van der Waals surface area contributed by atoms with Crippen molar-refractivity contribution >= 4 is 0 Å². The van der Waals surface area contributed by atoms with Crippen molar-refractivity contribution < 1.29 is 5.11 Å². The molecule has 1 unspecified atom stereocenters. The summed E-state index contributed by atoms with van der Waals surface area (Å²) in [4.78, 5) is 2.23. The van der Waals surface area contributed by atoms with Gasteiger partial charge in [-0.1, -0.05) is 27.7 Å². The molecule has 2 heteroatoms. The number of nitrogens with zero attached hydrogens (tertiary/aromatic N) is 1. The van der Waals surface area contributed by atoms with Crippen molar-refractivity contribution in [3.05, 3.63) is 0 Å². The van der Waals surface area contributed by atoms with Crippen LogP contribution >= 0.6 is 0 Å². The van der Waals surface area contributed by atoms with Gasteiger partial charge in [-0.15, -0.1) is 0 Å². The third-order valence-corrected chi connectivity index (χ3v) is 2.88. The number of hydrogen-bond donors (Lipinski definition) is 1. The van der Waals surface area contributed by atoms with Gasteiger partial charge < -0.3 is 10.0 Å². The van der Waals surface area contributed by atoms with Crippen molar-refractivity contribution in [3.63, 3.8) is 0 Å². The van der Waals surface area contributed by atoms with Gasteiger partial charge in [0, 0.05) is 13.2 Å². The highest BCUT2D eigenvalue weighted by Gasteiger charge is 2.31. The minimum atomic E-state index is 0.0424. The standard InChI is InChI=1S/C12H27NO/c1-7-12(4,9-13(5)6)8-11(2,3)10-14/h14H,7-10H2,1-6H3. The first-order valence-electron chi connectivity index (χ1n) is 5.50. The van der Waals surface area contributed by atoms with Gasteiger partial charge in [0.05, 0.1) is 0 Å². The first-order valence-corrected chi connectivity index (χ1v) is 5.50. The van der Waals surface area contributed by atoms with Crippen LogP contribution < -0.4 is 0 Å². The minimum absolute atomic E-state index is 0.0424. The van der Waals surface area contributed by atoms with E-state index in [1.807, 2.05) is 0 Å². The normalized spacial score (nSPS) is 17.1. The zero-order valence-corrected chi connectivity index (χ0v) is 10.7. The summed E-state index contributed by atoms with van der Waals surface area (Å²) in [6.07, 6.45) is 2.24. The summed E-state index contributed by atoms with van der Waals surface area (Å²) in [5.74, 6) is 0. The summed E-state index contributed by atoms with van der Waals surface area (Å²) in [6, 6.07) is 0. The molecule has 0 fully saturated rings. The summed E-state index contributed by atoms with van der Waals surface area (Å²) in [5, 5.41) is 9.27. The lowest BCUT2D eigenvalue weighted by Crippen LogP contribution is -2.36. The Hall–Kier alpha value is -0.0800. The Balaban J connectivity index is 4.39. The summed E-state index contributed by atoms with van der Waals surface area (Å²) in [6.45, 7) is 10.2. The van der Waals surface area contributed by atoms with Crippen LogP contribution in [0.1, 0.15) is 40.5 Å². The van der Waals surface area contributed by atoms with E-state index in [0.29, 0.717) is 5.41 Å². The Kier molecular flexibility index (Phi) is 5.10. The maximum absolute atomic E-state index is 9.27. The molecule has 1 N–H and O–H groups in total. The van der Waals surface area contributed by atoms with E-state index in [1.54, 1.807) is 0 Å². The molecule has 0 aromatic rings. The van der Waals surface area contributed by atoms with Crippen molar-refractivity contribution in [2.45, 2.75) is 40.5 Å². The molecule has 0 saturated heterocycles. The summed E-state index contributed by atoms with van der Waals surface area (Å²) in [7, 11) is 4.22. The minimum Gasteiger partial charge on any atom is -0.396 e. The molecular weight excluding hydrogens is 174 g/mol. The third kappa shape index (κ3) is 4.97. The Bertz CT molecular complexity index is 166. The van der Waals surface area contributed by atoms with Gasteiger partial charge in [-0.2, -0.15) is 0 Å². The van der Waals surface area contributed by atoms with Gasteiger partial charge in [-0.3, -0.25) is 0 Å². The molecule has 0 spiro atoms. The predicted octanol–water partition coefficient (Wildman–Crippen LogP) is 2.37. The van der Waals surface area contributed by atoms with Crippen molar-refractivity contribution in [2.75, 3.05) is 27.2 Å².